The lowest BCUT2D eigenvalue weighted by molar-refractivity contribution is -0.203. The molecule has 1 saturated heterocycles. The number of hydrogen-bond acceptors (Lipinski definition) is 7. The number of aromatic amines is 1. The monoisotopic (exact) mass is 629 g/mol. The van der Waals surface area contributed by atoms with E-state index in [1.807, 2.05) is 54.3 Å². The van der Waals surface area contributed by atoms with Gasteiger partial charge in [-0.2, -0.15) is 5.10 Å². The van der Waals surface area contributed by atoms with Gasteiger partial charge in [0.15, 0.2) is 0 Å². The third kappa shape index (κ3) is 6.26. The van der Waals surface area contributed by atoms with Crippen LogP contribution in [0, 0.1) is 5.92 Å². The molecule has 0 spiro atoms. The molecule has 1 aliphatic carbocycles. The lowest BCUT2D eigenvalue weighted by atomic mass is 9.84. The molecule has 10 heteroatoms. The van der Waals surface area contributed by atoms with Crippen molar-refractivity contribution in [3.8, 4) is 22.5 Å². The Kier molecular flexibility index (Phi) is 8.53. The SMILES string of the molecule is CON(C(=O)[C@@H]1CCN(CC(=O)N2CC=C(c3ccc(-c4ccccn4)cc3)CC2)C1)C1(C)C=Cc2[nH]nc(-c3ccncc3)c2C1. The molecule has 2 aliphatic heterocycles. The predicted molar refractivity (Wildman–Crippen MR) is 180 cm³/mol. The summed E-state index contributed by atoms with van der Waals surface area (Å²) in [5, 5.41) is 9.20. The van der Waals surface area contributed by atoms with E-state index in [1.54, 1.807) is 25.7 Å². The number of carbonyl (C=O) groups is 2. The minimum Gasteiger partial charge on any atom is -0.338 e. The van der Waals surface area contributed by atoms with Crippen molar-refractivity contribution in [1.82, 2.24) is 35.0 Å². The van der Waals surface area contributed by atoms with Crippen LogP contribution in [0.1, 0.15) is 36.6 Å². The second-order valence-electron chi connectivity index (χ2n) is 12.7. The second kappa shape index (κ2) is 13.1. The molecule has 0 saturated carbocycles. The molecule has 2 amide bonds. The van der Waals surface area contributed by atoms with Crippen molar-refractivity contribution in [3.05, 3.63) is 102 Å². The zero-order valence-corrected chi connectivity index (χ0v) is 26.8. The molecule has 3 aliphatic rings. The molecule has 1 unspecified atom stereocenters. The smallest absolute Gasteiger partial charge is 0.251 e. The van der Waals surface area contributed by atoms with E-state index < -0.39 is 5.54 Å². The molecule has 3 aromatic heterocycles. The molecular weight excluding hydrogens is 590 g/mol. The van der Waals surface area contributed by atoms with E-state index in [1.165, 1.54) is 16.2 Å². The van der Waals surface area contributed by atoms with Crippen LogP contribution in [0.25, 0.3) is 34.2 Å². The summed E-state index contributed by atoms with van der Waals surface area (Å²) in [6.07, 6.45) is 13.5. The van der Waals surface area contributed by atoms with Gasteiger partial charge in [0.2, 0.25) is 5.91 Å². The fourth-order valence-corrected chi connectivity index (χ4v) is 6.99. The number of fused-ring (bicyclic) bond motifs is 1. The lowest BCUT2D eigenvalue weighted by Crippen LogP contribution is -2.52. The van der Waals surface area contributed by atoms with E-state index in [9.17, 15) is 9.59 Å². The molecular formula is C37H39N7O3. The molecule has 7 rings (SSSR count). The molecule has 47 heavy (non-hydrogen) atoms. The minimum atomic E-state index is -0.690. The summed E-state index contributed by atoms with van der Waals surface area (Å²) in [5.74, 6) is -0.215. The van der Waals surface area contributed by atoms with Crippen molar-refractivity contribution in [2.24, 2.45) is 5.92 Å². The standard InChI is InChI=1S/C37H39N7O3/c1-37(16-10-33-31(23-37)35(41-40-33)29-11-18-38-19-12-29)44(47-2)36(46)30-13-20-42(24-30)25-34(45)43-21-14-27(15-22-43)26-6-8-28(9-7-26)32-5-3-4-17-39-32/h3-12,14,16-19,30H,13,15,20-25H2,1-2H3,(H,40,41)/t30-,37?/m1/s1. The van der Waals surface area contributed by atoms with Gasteiger partial charge in [-0.25, -0.2) is 5.06 Å². The molecule has 2 atom stereocenters. The highest BCUT2D eigenvalue weighted by atomic mass is 16.7. The van der Waals surface area contributed by atoms with Crippen LogP contribution in [0.3, 0.4) is 0 Å². The Balaban J connectivity index is 0.944. The quantitative estimate of drug-likeness (QED) is 0.277. The van der Waals surface area contributed by atoms with Gasteiger partial charge in [-0.3, -0.25) is 34.4 Å². The highest BCUT2D eigenvalue weighted by Gasteiger charge is 2.42. The van der Waals surface area contributed by atoms with Crippen molar-refractivity contribution >= 4 is 23.5 Å². The maximum absolute atomic E-state index is 13.9. The number of nitrogens with zero attached hydrogens (tertiary/aromatic N) is 6. The molecule has 4 aromatic rings. The largest absolute Gasteiger partial charge is 0.338 e. The number of amides is 2. The zero-order chi connectivity index (χ0) is 32.4. The van der Waals surface area contributed by atoms with Crippen molar-refractivity contribution < 1.29 is 14.4 Å². The maximum atomic E-state index is 13.9. The first-order valence-corrected chi connectivity index (χ1v) is 16.2. The first-order chi connectivity index (χ1) is 22.9. The fraction of sp³-hybridized carbons (Fsp3) is 0.324. The average Bonchev–Trinajstić information content (AvgIpc) is 3.76. The normalized spacial score (nSPS) is 20.9. The first-order valence-electron chi connectivity index (χ1n) is 16.2. The number of nitrogens with one attached hydrogen (secondary N) is 1. The second-order valence-corrected chi connectivity index (χ2v) is 12.7. The molecule has 10 nitrogen and oxygen atoms in total. The first kappa shape index (κ1) is 30.7. The summed E-state index contributed by atoms with van der Waals surface area (Å²) < 4.78 is 0. The van der Waals surface area contributed by atoms with Crippen molar-refractivity contribution in [2.45, 2.75) is 31.7 Å². The average molecular weight is 630 g/mol. The summed E-state index contributed by atoms with van der Waals surface area (Å²) >= 11 is 0. The van der Waals surface area contributed by atoms with Gasteiger partial charge in [0.05, 0.1) is 42.2 Å². The number of rotatable bonds is 8. The van der Waals surface area contributed by atoms with Crippen molar-refractivity contribution in [1.29, 1.82) is 0 Å². The highest BCUT2D eigenvalue weighted by molar-refractivity contribution is 5.82. The maximum Gasteiger partial charge on any atom is 0.251 e. The highest BCUT2D eigenvalue weighted by Crippen LogP contribution is 2.36. The van der Waals surface area contributed by atoms with E-state index in [2.05, 4.69) is 55.4 Å². The Hall–Kier alpha value is -4.93. The van der Waals surface area contributed by atoms with E-state index in [4.69, 9.17) is 4.84 Å². The summed E-state index contributed by atoms with van der Waals surface area (Å²) in [7, 11) is 1.55. The van der Waals surface area contributed by atoms with Crippen LogP contribution in [0.5, 0.6) is 0 Å². The van der Waals surface area contributed by atoms with E-state index >= 15 is 0 Å². The fourth-order valence-electron chi connectivity index (χ4n) is 6.99. The van der Waals surface area contributed by atoms with Crippen LogP contribution in [-0.4, -0.2) is 92.2 Å². The van der Waals surface area contributed by atoms with Gasteiger partial charge in [0, 0.05) is 61.3 Å². The number of aromatic nitrogens is 4. The number of pyridine rings is 2. The topological polar surface area (TPSA) is 108 Å². The van der Waals surface area contributed by atoms with Gasteiger partial charge in [-0.15, -0.1) is 0 Å². The third-order valence-corrected chi connectivity index (χ3v) is 9.60. The Morgan fingerprint density at radius 1 is 1.02 bits per heavy atom. The molecule has 1 aromatic carbocycles. The van der Waals surface area contributed by atoms with Crippen LogP contribution < -0.4 is 0 Å². The number of benzene rings is 1. The van der Waals surface area contributed by atoms with Gasteiger partial charge in [-0.05, 0) is 67.8 Å². The van der Waals surface area contributed by atoms with Crippen LogP contribution >= 0.6 is 0 Å². The van der Waals surface area contributed by atoms with Gasteiger partial charge in [-0.1, -0.05) is 42.5 Å². The Bertz CT molecular complexity index is 1800. The van der Waals surface area contributed by atoms with E-state index in [0.29, 0.717) is 45.6 Å². The summed E-state index contributed by atoms with van der Waals surface area (Å²) in [4.78, 5) is 45.6. The Morgan fingerprint density at radius 2 is 1.83 bits per heavy atom. The minimum absolute atomic E-state index is 0.0633. The molecule has 1 fully saturated rings. The van der Waals surface area contributed by atoms with Crippen molar-refractivity contribution in [3.63, 3.8) is 0 Å². The van der Waals surface area contributed by atoms with Crippen LogP contribution in [0.15, 0.2) is 85.3 Å². The van der Waals surface area contributed by atoms with Crippen LogP contribution in [0.4, 0.5) is 0 Å². The summed E-state index contributed by atoms with van der Waals surface area (Å²) in [5.41, 5.74) is 7.58. The molecule has 0 radical (unpaired) electrons. The summed E-state index contributed by atoms with van der Waals surface area (Å²) in [6.45, 7) is 4.82. The number of likely N-dealkylation sites (tertiary alicyclic amines) is 1. The van der Waals surface area contributed by atoms with E-state index in [-0.39, 0.29) is 17.7 Å². The van der Waals surface area contributed by atoms with Gasteiger partial charge >= 0.3 is 0 Å². The third-order valence-electron chi connectivity index (χ3n) is 9.60. The molecule has 5 heterocycles. The number of hydrogen-bond donors (Lipinski definition) is 1. The molecule has 0 bridgehead atoms. The Morgan fingerprint density at radius 3 is 2.55 bits per heavy atom. The Labute approximate surface area is 274 Å². The molecule has 240 valence electrons. The van der Waals surface area contributed by atoms with Gasteiger partial charge < -0.3 is 4.90 Å². The number of H-pyrrole nitrogens is 1. The predicted octanol–water partition coefficient (Wildman–Crippen LogP) is 4.89. The van der Waals surface area contributed by atoms with Crippen molar-refractivity contribution in [2.75, 3.05) is 39.8 Å². The van der Waals surface area contributed by atoms with Crippen LogP contribution in [0.2, 0.25) is 0 Å². The molecule has 1 N–H and O–H groups in total. The number of hydroxylamine groups is 2. The number of carbonyl (C=O) groups excluding carboxylic acids is 2. The lowest BCUT2D eigenvalue weighted by Gasteiger charge is -2.40. The van der Waals surface area contributed by atoms with Gasteiger partial charge in [0.25, 0.3) is 5.91 Å². The summed E-state index contributed by atoms with van der Waals surface area (Å²) in [6, 6.07) is 18.3. The zero-order valence-electron chi connectivity index (χ0n) is 26.8. The van der Waals surface area contributed by atoms with Crippen LogP contribution in [-0.2, 0) is 20.8 Å². The van der Waals surface area contributed by atoms with E-state index in [0.717, 1.165) is 40.2 Å². The van der Waals surface area contributed by atoms with Gasteiger partial charge in [0.1, 0.15) is 0 Å².